The molecule has 0 aliphatic rings. The highest BCUT2D eigenvalue weighted by atomic mass is 19.4. The van der Waals surface area contributed by atoms with Crippen molar-refractivity contribution in [1.82, 2.24) is 9.38 Å². The van der Waals surface area contributed by atoms with Crippen LogP contribution in [0.1, 0.15) is 18.4 Å². The van der Waals surface area contributed by atoms with Crippen molar-refractivity contribution in [3.8, 4) is 22.9 Å². The second-order valence-electron chi connectivity index (χ2n) is 5.53. The van der Waals surface area contributed by atoms with Crippen LogP contribution < -0.4 is 4.74 Å². The predicted octanol–water partition coefficient (Wildman–Crippen LogP) is 4.88. The number of benzene rings is 1. The molecule has 1 aromatic carbocycles. The smallest absolute Gasteiger partial charge is 0.406 e. The molecule has 0 bridgehead atoms. The molecule has 0 N–H and O–H groups in total. The van der Waals surface area contributed by atoms with E-state index in [0.717, 1.165) is 16.5 Å². The fourth-order valence-electron chi connectivity index (χ4n) is 2.50. The Morgan fingerprint density at radius 2 is 1.62 bits per heavy atom. The zero-order valence-corrected chi connectivity index (χ0v) is 13.2. The van der Waals surface area contributed by atoms with E-state index in [0.29, 0.717) is 18.1 Å². The number of rotatable bonds is 3. The molecule has 0 fully saturated rings. The molecule has 3 rings (SSSR count). The van der Waals surface area contributed by atoms with E-state index in [1.54, 1.807) is 12.1 Å². The van der Waals surface area contributed by atoms with Gasteiger partial charge in [-0.05, 0) is 29.3 Å². The lowest BCUT2D eigenvalue weighted by Gasteiger charge is -2.11. The quantitative estimate of drug-likeness (QED) is 0.620. The lowest BCUT2D eigenvalue weighted by atomic mass is 10.1. The molecule has 0 atom stereocenters. The number of hydrogen-bond donors (Lipinski definition) is 0. The van der Waals surface area contributed by atoms with Gasteiger partial charge in [-0.25, -0.2) is 4.98 Å². The highest BCUT2D eigenvalue weighted by Gasteiger charge is 2.32. The van der Waals surface area contributed by atoms with Gasteiger partial charge in [0.25, 0.3) is 0 Å². The van der Waals surface area contributed by atoms with E-state index in [1.807, 2.05) is 0 Å². The third-order valence-electron chi connectivity index (χ3n) is 3.56. The van der Waals surface area contributed by atoms with E-state index >= 15 is 0 Å². The first-order valence-electron chi connectivity index (χ1n) is 7.25. The maximum Gasteiger partial charge on any atom is 0.573 e. The van der Waals surface area contributed by atoms with Crippen LogP contribution in [0.3, 0.4) is 0 Å². The van der Waals surface area contributed by atoms with Crippen LogP contribution in [0.15, 0.2) is 42.6 Å². The number of ether oxygens (including phenoxy) is 1. The number of pyridine rings is 1. The molecule has 0 aliphatic heterocycles. The molecule has 2 heterocycles. The second-order valence-corrected chi connectivity index (χ2v) is 5.53. The number of halogens is 5. The van der Waals surface area contributed by atoms with Crippen molar-refractivity contribution in [2.24, 2.45) is 0 Å². The average molecular weight is 367 g/mol. The summed E-state index contributed by atoms with van der Waals surface area (Å²) in [7, 11) is 0. The van der Waals surface area contributed by atoms with Gasteiger partial charge < -0.3 is 4.74 Å². The van der Waals surface area contributed by atoms with E-state index in [2.05, 4.69) is 9.72 Å². The molecule has 2 aromatic heterocycles. The topological polar surface area (TPSA) is 50.3 Å². The fraction of sp³-hybridized carbons (Fsp3) is 0.176. The van der Waals surface area contributed by atoms with Gasteiger partial charge in [0.2, 0.25) is 0 Å². The SMILES string of the molecule is CC(F)(F)c1nc(C#N)c2ccc(-c3ccc(OC(F)(F)F)cc3)cn12. The summed E-state index contributed by atoms with van der Waals surface area (Å²) < 4.78 is 69.0. The number of nitriles is 1. The molecule has 9 heteroatoms. The van der Waals surface area contributed by atoms with E-state index < -0.39 is 23.9 Å². The fourth-order valence-corrected chi connectivity index (χ4v) is 2.50. The molecule has 134 valence electrons. The van der Waals surface area contributed by atoms with Gasteiger partial charge in [-0.15, -0.1) is 13.2 Å². The Kier molecular flexibility index (Phi) is 4.06. The summed E-state index contributed by atoms with van der Waals surface area (Å²) in [6.07, 6.45) is -3.44. The summed E-state index contributed by atoms with van der Waals surface area (Å²) in [5, 5.41) is 9.05. The Morgan fingerprint density at radius 1 is 1.00 bits per heavy atom. The number of nitrogens with zero attached hydrogens (tertiary/aromatic N) is 3. The van der Waals surface area contributed by atoms with E-state index in [4.69, 9.17) is 5.26 Å². The highest BCUT2D eigenvalue weighted by Crippen LogP contribution is 2.31. The lowest BCUT2D eigenvalue weighted by molar-refractivity contribution is -0.274. The lowest BCUT2D eigenvalue weighted by Crippen LogP contribution is -2.16. The third kappa shape index (κ3) is 3.44. The first-order chi connectivity index (χ1) is 12.1. The van der Waals surface area contributed by atoms with Crippen molar-refractivity contribution in [2.75, 3.05) is 0 Å². The second kappa shape index (κ2) is 5.98. The van der Waals surface area contributed by atoms with Gasteiger partial charge in [0, 0.05) is 13.1 Å². The van der Waals surface area contributed by atoms with Crippen molar-refractivity contribution in [1.29, 1.82) is 5.26 Å². The Labute approximate surface area is 144 Å². The molecular formula is C17H10F5N3O. The van der Waals surface area contributed by atoms with Crippen LogP contribution >= 0.6 is 0 Å². The summed E-state index contributed by atoms with van der Waals surface area (Å²) in [5.41, 5.74) is 1.02. The van der Waals surface area contributed by atoms with Crippen molar-refractivity contribution < 1.29 is 26.7 Å². The summed E-state index contributed by atoms with van der Waals surface area (Å²) in [5.74, 6) is -4.26. The van der Waals surface area contributed by atoms with Crippen molar-refractivity contribution in [2.45, 2.75) is 19.2 Å². The molecule has 0 spiro atoms. The van der Waals surface area contributed by atoms with Gasteiger partial charge in [0.1, 0.15) is 11.8 Å². The molecule has 4 nitrogen and oxygen atoms in total. The Balaban J connectivity index is 2.05. The molecular weight excluding hydrogens is 357 g/mol. The van der Waals surface area contributed by atoms with E-state index in [-0.39, 0.29) is 11.2 Å². The van der Waals surface area contributed by atoms with E-state index in [1.165, 1.54) is 24.4 Å². The van der Waals surface area contributed by atoms with Crippen LogP contribution in [0.2, 0.25) is 0 Å². The third-order valence-corrected chi connectivity index (χ3v) is 3.56. The highest BCUT2D eigenvalue weighted by molar-refractivity contribution is 5.69. The van der Waals surface area contributed by atoms with Gasteiger partial charge in [-0.3, -0.25) is 4.40 Å². The summed E-state index contributed by atoms with van der Waals surface area (Å²) in [4.78, 5) is 3.68. The molecule has 0 saturated carbocycles. The first-order valence-corrected chi connectivity index (χ1v) is 7.25. The molecule has 3 aromatic rings. The maximum absolute atomic E-state index is 13.8. The van der Waals surface area contributed by atoms with Crippen molar-refractivity contribution in [3.63, 3.8) is 0 Å². The summed E-state index contributed by atoms with van der Waals surface area (Å²) >= 11 is 0. The van der Waals surface area contributed by atoms with Gasteiger partial charge in [-0.1, -0.05) is 18.2 Å². The minimum Gasteiger partial charge on any atom is -0.406 e. The Bertz CT molecular complexity index is 995. The Morgan fingerprint density at radius 3 is 2.15 bits per heavy atom. The van der Waals surface area contributed by atoms with E-state index in [9.17, 15) is 22.0 Å². The summed E-state index contributed by atoms with van der Waals surface area (Å²) in [6.45, 7) is 0.666. The molecule has 0 radical (unpaired) electrons. The van der Waals surface area contributed by atoms with Crippen LogP contribution in [0.25, 0.3) is 16.6 Å². The standard InChI is InChI=1S/C17H10F5N3O/c1-16(18,19)15-24-13(8-23)14-7-4-11(9-25(14)15)10-2-5-12(6-3-10)26-17(20,21)22/h2-7,9H,1H3. The molecule has 0 saturated heterocycles. The monoisotopic (exact) mass is 367 g/mol. The van der Waals surface area contributed by atoms with Crippen molar-refractivity contribution in [3.05, 3.63) is 54.1 Å². The molecule has 0 unspecified atom stereocenters. The predicted molar refractivity (Wildman–Crippen MR) is 81.6 cm³/mol. The number of imidazole rings is 1. The van der Waals surface area contributed by atoms with Gasteiger partial charge >= 0.3 is 12.3 Å². The van der Waals surface area contributed by atoms with Gasteiger partial charge in [0.15, 0.2) is 11.5 Å². The number of aromatic nitrogens is 2. The van der Waals surface area contributed by atoms with Crippen LogP contribution in [-0.4, -0.2) is 15.7 Å². The maximum atomic E-state index is 13.8. The minimum atomic E-state index is -4.80. The Hall–Kier alpha value is -3.15. The normalized spacial score (nSPS) is 12.2. The number of fused-ring (bicyclic) bond motifs is 1. The van der Waals surface area contributed by atoms with Gasteiger partial charge in [0.05, 0.1) is 5.52 Å². The minimum absolute atomic E-state index is 0.137. The largest absolute Gasteiger partial charge is 0.573 e. The molecule has 0 aliphatic carbocycles. The van der Waals surface area contributed by atoms with Gasteiger partial charge in [-0.2, -0.15) is 14.0 Å². The zero-order valence-electron chi connectivity index (χ0n) is 13.2. The van der Waals surface area contributed by atoms with Crippen LogP contribution in [-0.2, 0) is 5.92 Å². The zero-order chi connectivity index (χ0) is 19.1. The molecule has 0 amide bonds. The van der Waals surface area contributed by atoms with Crippen LogP contribution in [0.4, 0.5) is 22.0 Å². The van der Waals surface area contributed by atoms with Crippen LogP contribution in [0.5, 0.6) is 5.75 Å². The number of alkyl halides is 5. The number of hydrogen-bond acceptors (Lipinski definition) is 3. The first kappa shape index (κ1) is 17.7. The van der Waals surface area contributed by atoms with Crippen molar-refractivity contribution >= 4 is 5.52 Å². The average Bonchev–Trinajstić information content (AvgIpc) is 2.92. The summed E-state index contributed by atoms with van der Waals surface area (Å²) in [6, 6.07) is 9.76. The van der Waals surface area contributed by atoms with Crippen LogP contribution in [0, 0.1) is 11.3 Å². The molecule has 26 heavy (non-hydrogen) atoms.